The summed E-state index contributed by atoms with van der Waals surface area (Å²) >= 11 is 7.10. The van der Waals surface area contributed by atoms with E-state index >= 15 is 0 Å². The van der Waals surface area contributed by atoms with Gasteiger partial charge in [0.15, 0.2) is 0 Å². The fourth-order valence-electron chi connectivity index (χ4n) is 2.32. The lowest BCUT2D eigenvalue weighted by Gasteiger charge is -2.23. The van der Waals surface area contributed by atoms with Gasteiger partial charge in [-0.3, -0.25) is 14.9 Å². The molecule has 140 valence electrons. The third-order valence-electron chi connectivity index (χ3n) is 4.07. The average molecular weight is 395 g/mol. The molecule has 0 saturated heterocycles. The van der Waals surface area contributed by atoms with Crippen LogP contribution in [0, 0.1) is 12.8 Å². The molecule has 2 amide bonds. The summed E-state index contributed by atoms with van der Waals surface area (Å²) in [5.74, 6) is -0.736. The molecule has 2 aromatic rings. The van der Waals surface area contributed by atoms with Crippen LogP contribution in [0.25, 0.3) is 10.6 Å². The number of amides is 2. The number of hydrogen-bond acceptors (Lipinski definition) is 5. The molecule has 6 nitrogen and oxygen atoms in total. The smallest absolute Gasteiger partial charge is 0.249 e. The van der Waals surface area contributed by atoms with Gasteiger partial charge >= 0.3 is 0 Å². The maximum Gasteiger partial charge on any atom is 0.249 e. The summed E-state index contributed by atoms with van der Waals surface area (Å²) in [5, 5.41) is 14.1. The third-order valence-corrected chi connectivity index (χ3v) is 5.16. The summed E-state index contributed by atoms with van der Waals surface area (Å²) < 4.78 is 0. The Morgan fingerprint density at radius 2 is 1.96 bits per heavy atom. The van der Waals surface area contributed by atoms with Crippen molar-refractivity contribution in [1.82, 2.24) is 15.5 Å². The highest BCUT2D eigenvalue weighted by Gasteiger charge is 2.28. The zero-order valence-corrected chi connectivity index (χ0v) is 16.8. The monoisotopic (exact) mass is 394 g/mol. The molecule has 0 unspecified atom stereocenters. The maximum absolute atomic E-state index is 12.6. The van der Waals surface area contributed by atoms with Crippen molar-refractivity contribution in [1.29, 1.82) is 0 Å². The number of nitrogens with zero attached hydrogens (tertiary/aromatic N) is 2. The van der Waals surface area contributed by atoms with Crippen molar-refractivity contribution in [2.45, 2.75) is 45.5 Å². The van der Waals surface area contributed by atoms with Crippen molar-refractivity contribution in [2.24, 2.45) is 5.92 Å². The van der Waals surface area contributed by atoms with E-state index in [9.17, 15) is 9.59 Å². The highest BCUT2D eigenvalue weighted by atomic mass is 35.5. The first kappa shape index (κ1) is 20.3. The van der Waals surface area contributed by atoms with E-state index in [1.165, 1.54) is 11.3 Å². The van der Waals surface area contributed by atoms with E-state index in [1.54, 1.807) is 6.92 Å². The molecule has 8 heteroatoms. The molecule has 2 rings (SSSR count). The predicted octanol–water partition coefficient (Wildman–Crippen LogP) is 3.61. The van der Waals surface area contributed by atoms with Crippen LogP contribution in [-0.2, 0) is 9.59 Å². The van der Waals surface area contributed by atoms with Crippen molar-refractivity contribution >= 4 is 39.9 Å². The van der Waals surface area contributed by atoms with Crippen LogP contribution >= 0.6 is 22.9 Å². The number of aromatic nitrogens is 2. The molecule has 0 aliphatic carbocycles. The van der Waals surface area contributed by atoms with Gasteiger partial charge in [-0.25, -0.2) is 0 Å². The lowest BCUT2D eigenvalue weighted by Crippen LogP contribution is -2.49. The Balaban J connectivity index is 2.12. The quantitative estimate of drug-likeness (QED) is 0.702. The Morgan fingerprint density at radius 1 is 1.23 bits per heavy atom. The van der Waals surface area contributed by atoms with Crippen LogP contribution in [0.5, 0.6) is 0 Å². The first-order valence-corrected chi connectivity index (χ1v) is 9.73. The second-order valence-electron chi connectivity index (χ2n) is 6.26. The van der Waals surface area contributed by atoms with E-state index in [0.29, 0.717) is 5.13 Å². The lowest BCUT2D eigenvalue weighted by molar-refractivity contribution is -0.127. The Morgan fingerprint density at radius 3 is 2.58 bits per heavy atom. The van der Waals surface area contributed by atoms with Gasteiger partial charge < -0.3 is 5.32 Å². The van der Waals surface area contributed by atoms with Gasteiger partial charge in [-0.05, 0) is 25.8 Å². The van der Waals surface area contributed by atoms with E-state index < -0.39 is 11.4 Å². The van der Waals surface area contributed by atoms with Crippen LogP contribution in [0.1, 0.15) is 32.8 Å². The van der Waals surface area contributed by atoms with E-state index in [2.05, 4.69) is 20.8 Å². The molecule has 0 aliphatic heterocycles. The third kappa shape index (κ3) is 5.25. The number of anilines is 1. The topological polar surface area (TPSA) is 84.0 Å². The van der Waals surface area contributed by atoms with Gasteiger partial charge in [0.05, 0.1) is 0 Å². The standard InChI is InChI=1S/C18H23ClN4O2S/c1-5-11(3)14(20-15(24)12(4)19)16(25)21-18-23-22-17(26-18)13-8-6-7-10(2)9-13/h6-9,11-12,14H,5H2,1-4H3,(H,20,24)(H,21,23,25)/t11-,12-,14+/m1/s1. The molecule has 0 radical (unpaired) electrons. The second kappa shape index (κ2) is 9.09. The minimum Gasteiger partial charge on any atom is -0.343 e. The molecule has 0 aliphatic rings. The van der Waals surface area contributed by atoms with Gasteiger partial charge in [-0.15, -0.1) is 21.8 Å². The Labute approximate surface area is 162 Å². The number of alkyl halides is 1. The molecule has 0 spiro atoms. The van der Waals surface area contributed by atoms with Crippen LogP contribution in [0.15, 0.2) is 24.3 Å². The van der Waals surface area contributed by atoms with Gasteiger partial charge in [-0.2, -0.15) is 0 Å². The van der Waals surface area contributed by atoms with Crippen LogP contribution in [0.4, 0.5) is 5.13 Å². The molecule has 3 atom stereocenters. The molecule has 0 bridgehead atoms. The van der Waals surface area contributed by atoms with Crippen molar-refractivity contribution in [3.63, 3.8) is 0 Å². The van der Waals surface area contributed by atoms with Gasteiger partial charge in [-0.1, -0.05) is 55.4 Å². The SMILES string of the molecule is CC[C@@H](C)[C@H](NC(=O)[C@@H](C)Cl)C(=O)Nc1nnc(-c2cccc(C)c2)s1. The van der Waals surface area contributed by atoms with Gasteiger partial charge in [0, 0.05) is 5.56 Å². The van der Waals surface area contributed by atoms with Gasteiger partial charge in [0.1, 0.15) is 16.4 Å². The Bertz CT molecular complexity index is 778. The molecule has 1 aromatic heterocycles. The van der Waals surface area contributed by atoms with E-state index in [4.69, 9.17) is 11.6 Å². The average Bonchev–Trinajstić information content (AvgIpc) is 3.07. The molecule has 1 aromatic carbocycles. The van der Waals surface area contributed by atoms with E-state index in [-0.39, 0.29) is 17.7 Å². The second-order valence-corrected chi connectivity index (χ2v) is 7.89. The van der Waals surface area contributed by atoms with Crippen LogP contribution < -0.4 is 10.6 Å². The van der Waals surface area contributed by atoms with Crippen molar-refractivity contribution in [3.8, 4) is 10.6 Å². The fraction of sp³-hybridized carbons (Fsp3) is 0.444. The molecule has 0 fully saturated rings. The zero-order chi connectivity index (χ0) is 19.3. The highest BCUT2D eigenvalue weighted by Crippen LogP contribution is 2.27. The summed E-state index contributed by atoms with van der Waals surface area (Å²) in [6.07, 6.45) is 0.736. The number of carbonyl (C=O) groups excluding carboxylic acids is 2. The van der Waals surface area contributed by atoms with E-state index in [0.717, 1.165) is 22.6 Å². The maximum atomic E-state index is 12.6. The largest absolute Gasteiger partial charge is 0.343 e. The first-order chi connectivity index (χ1) is 12.3. The Hall–Kier alpha value is -1.99. The predicted molar refractivity (Wildman–Crippen MR) is 105 cm³/mol. The summed E-state index contributed by atoms with van der Waals surface area (Å²) in [6, 6.07) is 7.23. The summed E-state index contributed by atoms with van der Waals surface area (Å²) in [4.78, 5) is 24.5. The first-order valence-electron chi connectivity index (χ1n) is 8.47. The number of hydrogen-bond donors (Lipinski definition) is 2. The van der Waals surface area contributed by atoms with E-state index in [1.807, 2.05) is 45.0 Å². The number of aryl methyl sites for hydroxylation is 1. The number of carbonyl (C=O) groups is 2. The van der Waals surface area contributed by atoms with Crippen LogP contribution in [0.2, 0.25) is 0 Å². The Kier molecular flexibility index (Phi) is 7.11. The minimum absolute atomic E-state index is 0.0430. The minimum atomic E-state index is -0.705. The number of nitrogens with one attached hydrogen (secondary N) is 2. The molecule has 2 N–H and O–H groups in total. The molecular weight excluding hydrogens is 372 g/mol. The van der Waals surface area contributed by atoms with Crippen molar-refractivity contribution < 1.29 is 9.59 Å². The highest BCUT2D eigenvalue weighted by molar-refractivity contribution is 7.18. The van der Waals surface area contributed by atoms with Gasteiger partial charge in [0.25, 0.3) is 0 Å². The molecule has 26 heavy (non-hydrogen) atoms. The fourth-order valence-corrected chi connectivity index (χ4v) is 3.13. The molecule has 0 saturated carbocycles. The number of halogens is 1. The summed E-state index contributed by atoms with van der Waals surface area (Å²) in [6.45, 7) is 7.44. The summed E-state index contributed by atoms with van der Waals surface area (Å²) in [7, 11) is 0. The normalized spacial score (nSPS) is 14.3. The summed E-state index contributed by atoms with van der Waals surface area (Å²) in [5.41, 5.74) is 2.07. The van der Waals surface area contributed by atoms with Crippen molar-refractivity contribution in [3.05, 3.63) is 29.8 Å². The van der Waals surface area contributed by atoms with Crippen molar-refractivity contribution in [2.75, 3.05) is 5.32 Å². The number of benzene rings is 1. The molecular formula is C18H23ClN4O2S. The number of rotatable bonds is 7. The van der Waals surface area contributed by atoms with Crippen LogP contribution in [-0.4, -0.2) is 33.4 Å². The van der Waals surface area contributed by atoms with Crippen LogP contribution in [0.3, 0.4) is 0 Å². The zero-order valence-electron chi connectivity index (χ0n) is 15.2. The molecule has 1 heterocycles. The lowest BCUT2D eigenvalue weighted by atomic mass is 9.98. The van der Waals surface area contributed by atoms with Gasteiger partial charge in [0.2, 0.25) is 16.9 Å².